The largest absolute Gasteiger partial charge is 0.481 e. The van der Waals surface area contributed by atoms with E-state index in [1.54, 1.807) is 11.8 Å². The van der Waals surface area contributed by atoms with Crippen molar-refractivity contribution >= 4 is 51.6 Å². The number of hydrogen-bond donors (Lipinski definition) is 4. The van der Waals surface area contributed by atoms with Gasteiger partial charge in [-0.15, -0.1) is 34.3 Å². The minimum absolute atomic E-state index is 0.00857. The number of hydrogen-bond acceptors (Lipinski definition) is 7. The summed E-state index contributed by atoms with van der Waals surface area (Å²) in [6.45, 7) is 2.76. The summed E-state index contributed by atoms with van der Waals surface area (Å²) in [4.78, 5) is 14.6. The number of nitrogens with one attached hydrogen (secondary N) is 1. The highest BCUT2D eigenvalue weighted by Crippen LogP contribution is 2.54. The van der Waals surface area contributed by atoms with E-state index >= 15 is 0 Å². The number of carboxylic acid groups (broad SMARTS) is 1. The maximum atomic E-state index is 11.1. The van der Waals surface area contributed by atoms with Crippen molar-refractivity contribution in [3.8, 4) is 0 Å². The number of rotatable bonds is 9. The maximum Gasteiger partial charge on any atom is 0.313 e. The summed E-state index contributed by atoms with van der Waals surface area (Å²) in [5.74, 6) is -0.352. The van der Waals surface area contributed by atoms with Crippen LogP contribution >= 0.6 is 34.3 Å². The molecule has 0 aromatic heterocycles. The van der Waals surface area contributed by atoms with Gasteiger partial charge in [0.05, 0.1) is 16.3 Å². The van der Waals surface area contributed by atoms with Crippen molar-refractivity contribution in [3.63, 3.8) is 0 Å². The second-order valence-corrected chi connectivity index (χ2v) is 11.1. The van der Waals surface area contributed by atoms with Gasteiger partial charge >= 0.3 is 5.97 Å². The second-order valence-electron chi connectivity index (χ2n) is 7.47. The zero-order valence-electron chi connectivity index (χ0n) is 17.8. The minimum Gasteiger partial charge on any atom is -0.481 e. The van der Waals surface area contributed by atoms with Crippen LogP contribution in [0, 0.1) is 0 Å². The van der Waals surface area contributed by atoms with E-state index in [4.69, 9.17) is 5.11 Å². The summed E-state index contributed by atoms with van der Waals surface area (Å²) >= 11 is 2.89. The van der Waals surface area contributed by atoms with Crippen LogP contribution in [-0.2, 0) is 10.5 Å². The van der Waals surface area contributed by atoms with Crippen LogP contribution in [0.1, 0.15) is 31.7 Å². The van der Waals surface area contributed by atoms with Crippen LogP contribution < -0.4 is 9.62 Å². The van der Waals surface area contributed by atoms with E-state index in [1.807, 2.05) is 48.7 Å². The Morgan fingerprint density at radius 3 is 2.65 bits per heavy atom. The van der Waals surface area contributed by atoms with Crippen molar-refractivity contribution in [1.82, 2.24) is 4.72 Å². The van der Waals surface area contributed by atoms with Gasteiger partial charge in [0.1, 0.15) is 0 Å². The molecule has 2 aromatic rings. The van der Waals surface area contributed by atoms with Crippen LogP contribution in [0.2, 0.25) is 0 Å². The van der Waals surface area contributed by atoms with E-state index in [0.29, 0.717) is 17.2 Å². The molecule has 0 saturated heterocycles. The Morgan fingerprint density at radius 1 is 1.26 bits per heavy atom. The Labute approximate surface area is 194 Å². The normalized spacial score (nSPS) is 18.8. The summed E-state index contributed by atoms with van der Waals surface area (Å²) in [7, 11) is -3.21. The van der Waals surface area contributed by atoms with Gasteiger partial charge in [0.2, 0.25) is 0 Å². The number of nitrogens with zero attached hydrogens (tertiary/aromatic N) is 1. The van der Waals surface area contributed by atoms with Gasteiger partial charge < -0.3 is 10.0 Å². The van der Waals surface area contributed by atoms with Gasteiger partial charge in [-0.05, 0) is 42.5 Å². The minimum atomic E-state index is -3.21. The van der Waals surface area contributed by atoms with Crippen molar-refractivity contribution in [2.24, 2.45) is 0 Å². The maximum absolute atomic E-state index is 11.1. The lowest BCUT2D eigenvalue weighted by atomic mass is 10.1. The van der Waals surface area contributed by atoms with Crippen LogP contribution in [0.5, 0.6) is 0 Å². The van der Waals surface area contributed by atoms with Crippen molar-refractivity contribution in [1.29, 1.82) is 0 Å². The van der Waals surface area contributed by atoms with E-state index in [1.165, 1.54) is 11.8 Å². The summed E-state index contributed by atoms with van der Waals surface area (Å²) in [5, 5.41) is 8.97. The predicted octanol–water partition coefficient (Wildman–Crippen LogP) is 6.05. The molecule has 1 atom stereocenters. The Bertz CT molecular complexity index is 896. The highest BCUT2D eigenvalue weighted by Gasteiger charge is 2.33. The molecule has 1 heterocycles. The first-order valence-corrected chi connectivity index (χ1v) is 14.2. The van der Waals surface area contributed by atoms with Crippen molar-refractivity contribution in [2.75, 3.05) is 23.5 Å². The van der Waals surface area contributed by atoms with E-state index in [9.17, 15) is 13.9 Å². The highest BCUT2D eigenvalue weighted by atomic mass is 32.3. The molecular weight excluding hydrogens is 452 g/mol. The van der Waals surface area contributed by atoms with E-state index in [2.05, 4.69) is 16.5 Å². The lowest BCUT2D eigenvalue weighted by Gasteiger charge is -2.35. The molecule has 0 fully saturated rings. The van der Waals surface area contributed by atoms with E-state index in [0.717, 1.165) is 41.1 Å². The summed E-state index contributed by atoms with van der Waals surface area (Å²) in [5.41, 5.74) is 2.71. The fourth-order valence-corrected chi connectivity index (χ4v) is 6.69. The van der Waals surface area contributed by atoms with E-state index < -0.39 is 16.7 Å². The quantitative estimate of drug-likeness (QED) is 0.321. The average Bonchev–Trinajstić information content (AvgIpc) is 2.85. The summed E-state index contributed by atoms with van der Waals surface area (Å²) in [6, 6.07) is 13.8. The molecule has 0 bridgehead atoms. The number of unbranched alkanes of at least 4 members (excludes halogenated alkanes) is 1. The third-order valence-corrected chi connectivity index (χ3v) is 8.54. The Morgan fingerprint density at radius 2 is 2.00 bits per heavy atom. The fourth-order valence-electron chi connectivity index (χ4n) is 3.69. The number of para-hydroxylation sites is 1. The molecule has 0 radical (unpaired) electrons. The molecule has 9 heteroatoms. The Balaban J connectivity index is 2.08. The number of carboxylic acids is 1. The lowest BCUT2D eigenvalue weighted by Crippen LogP contribution is -2.37. The van der Waals surface area contributed by atoms with Gasteiger partial charge in [-0.25, -0.2) is 4.72 Å². The molecule has 0 spiro atoms. The van der Waals surface area contributed by atoms with Gasteiger partial charge in [0.25, 0.3) is 0 Å². The predicted molar refractivity (Wildman–Crippen MR) is 133 cm³/mol. The average molecular weight is 483 g/mol. The second kappa shape index (κ2) is 11.0. The summed E-state index contributed by atoms with van der Waals surface area (Å²) in [6.07, 6.45) is 4.87. The van der Waals surface area contributed by atoms with Crippen LogP contribution in [0.3, 0.4) is 0 Å². The topological polar surface area (TPSA) is 93.0 Å². The van der Waals surface area contributed by atoms with Crippen LogP contribution in [0.4, 0.5) is 11.4 Å². The van der Waals surface area contributed by atoms with E-state index in [-0.39, 0.29) is 11.8 Å². The molecule has 0 saturated carbocycles. The van der Waals surface area contributed by atoms with Gasteiger partial charge in [-0.2, -0.15) is 0 Å². The zero-order valence-corrected chi connectivity index (χ0v) is 20.2. The third kappa shape index (κ3) is 6.12. The molecule has 0 aliphatic carbocycles. The van der Waals surface area contributed by atoms with Gasteiger partial charge in [-0.3, -0.25) is 13.9 Å². The molecule has 1 aliphatic heterocycles. The van der Waals surface area contributed by atoms with Gasteiger partial charge in [-0.1, -0.05) is 38.0 Å². The molecule has 0 amide bonds. The van der Waals surface area contributed by atoms with Crippen LogP contribution in [0.25, 0.3) is 0 Å². The monoisotopic (exact) mass is 482 g/mol. The lowest BCUT2D eigenvalue weighted by molar-refractivity contribution is -0.133. The fraction of sp³-hybridized carbons (Fsp3) is 0.409. The van der Waals surface area contributed by atoms with Crippen LogP contribution in [-0.4, -0.2) is 44.8 Å². The number of carbonyl (C=O) groups is 1. The molecule has 31 heavy (non-hydrogen) atoms. The smallest absolute Gasteiger partial charge is 0.313 e. The highest BCUT2D eigenvalue weighted by molar-refractivity contribution is 8.22. The first-order valence-electron chi connectivity index (χ1n) is 10.2. The van der Waals surface area contributed by atoms with Crippen molar-refractivity contribution < 1.29 is 19.0 Å². The number of thioether (sulfide) groups is 2. The molecule has 6 nitrogen and oxygen atoms in total. The van der Waals surface area contributed by atoms with Crippen molar-refractivity contribution in [3.05, 3.63) is 48.0 Å². The van der Waals surface area contributed by atoms with Crippen LogP contribution in [0.15, 0.2) is 52.3 Å². The molecule has 1 unspecified atom stereocenters. The van der Waals surface area contributed by atoms with Crippen molar-refractivity contribution in [2.45, 2.75) is 47.8 Å². The SMILES string of the molecule is CCCCC1CN(c2ccccc2)c2cc(SC)c(CSCC(=O)O)cc2S(O)(O)N1. The molecule has 170 valence electrons. The molecular formula is C22H30N2O4S3. The zero-order chi connectivity index (χ0) is 22.4. The number of fused-ring (bicyclic) bond motifs is 1. The molecule has 1 aliphatic rings. The molecule has 4 N–H and O–H groups in total. The number of aliphatic carboxylic acids is 1. The Kier molecular flexibility index (Phi) is 8.60. The standard InChI is InChI=1S/C22H30N2O4S3/c1-3-4-8-17-13-24(18-9-6-5-7-10-18)19-12-20(29-2)16(14-30-15-22(25)26)11-21(19)31(27,28)23-17/h5-7,9-12,17,23,27-28H,3-4,8,13-15H2,1-2H3,(H,25,26). The first kappa shape index (κ1) is 24.3. The third-order valence-electron chi connectivity index (χ3n) is 5.15. The number of anilines is 2. The first-order chi connectivity index (χ1) is 14.9. The molecule has 2 aromatic carbocycles. The summed E-state index contributed by atoms with van der Waals surface area (Å²) < 4.78 is 25.4. The molecule has 3 rings (SSSR count). The number of benzene rings is 2. The van der Waals surface area contributed by atoms with Gasteiger partial charge in [0.15, 0.2) is 0 Å². The van der Waals surface area contributed by atoms with Gasteiger partial charge in [0, 0.05) is 28.9 Å². The Hall–Kier alpha value is -1.36.